The van der Waals surface area contributed by atoms with Gasteiger partial charge < -0.3 is 15.4 Å². The number of hydrogen-bond donors (Lipinski definition) is 1. The van der Waals surface area contributed by atoms with Gasteiger partial charge in [0.2, 0.25) is 0 Å². The molecule has 19 heavy (non-hydrogen) atoms. The van der Waals surface area contributed by atoms with E-state index in [2.05, 4.69) is 13.8 Å². The normalized spacial score (nSPS) is 26.4. The third-order valence-electron chi connectivity index (χ3n) is 4.79. The van der Waals surface area contributed by atoms with E-state index in [-0.39, 0.29) is 23.1 Å². The second kappa shape index (κ2) is 4.37. The van der Waals surface area contributed by atoms with Gasteiger partial charge in [-0.2, -0.15) is 0 Å². The summed E-state index contributed by atoms with van der Waals surface area (Å²) < 4.78 is 5.53. The van der Waals surface area contributed by atoms with Crippen LogP contribution in [0.25, 0.3) is 0 Å². The van der Waals surface area contributed by atoms with Gasteiger partial charge in [0.1, 0.15) is 5.60 Å². The van der Waals surface area contributed by atoms with E-state index in [0.29, 0.717) is 0 Å². The molecule has 0 aromatic rings. The lowest BCUT2D eigenvalue weighted by Gasteiger charge is -2.42. The van der Waals surface area contributed by atoms with E-state index in [1.807, 2.05) is 25.7 Å². The molecule has 0 aromatic heterocycles. The molecule has 0 spiro atoms. The summed E-state index contributed by atoms with van der Waals surface area (Å²) in [6.45, 7) is 10.9. The van der Waals surface area contributed by atoms with E-state index in [9.17, 15) is 4.79 Å². The molecule has 1 amide bonds. The van der Waals surface area contributed by atoms with E-state index in [0.717, 1.165) is 32.2 Å². The van der Waals surface area contributed by atoms with Crippen LogP contribution in [0.5, 0.6) is 0 Å². The molecule has 1 atom stereocenters. The number of nitrogens with two attached hydrogens (primary N) is 1. The predicted molar refractivity (Wildman–Crippen MR) is 75.9 cm³/mol. The monoisotopic (exact) mass is 268 g/mol. The van der Waals surface area contributed by atoms with Crippen LogP contribution in [0.1, 0.15) is 60.3 Å². The standard InChI is InChI=1S/C15H28N2O2/c1-13(2,3)19-12(18)17-10-6-7-11(17)14(4,5)15(16)8-9-15/h11H,6-10,16H2,1-5H3. The summed E-state index contributed by atoms with van der Waals surface area (Å²) in [4.78, 5) is 14.2. The number of likely N-dealkylation sites (tertiary alicyclic amines) is 1. The topological polar surface area (TPSA) is 55.6 Å². The molecule has 2 aliphatic rings. The highest BCUT2D eigenvalue weighted by molar-refractivity contribution is 5.69. The smallest absolute Gasteiger partial charge is 0.410 e. The van der Waals surface area contributed by atoms with Crippen molar-refractivity contribution >= 4 is 6.09 Å². The van der Waals surface area contributed by atoms with Crippen LogP contribution in [0.15, 0.2) is 0 Å². The van der Waals surface area contributed by atoms with Gasteiger partial charge >= 0.3 is 6.09 Å². The third-order valence-corrected chi connectivity index (χ3v) is 4.79. The van der Waals surface area contributed by atoms with Gasteiger partial charge in [-0.05, 0) is 46.5 Å². The highest BCUT2D eigenvalue weighted by Gasteiger charge is 2.57. The minimum absolute atomic E-state index is 0.0413. The zero-order valence-corrected chi connectivity index (χ0v) is 13.0. The summed E-state index contributed by atoms with van der Waals surface area (Å²) in [5.41, 5.74) is 5.84. The SMILES string of the molecule is CC(C)(C)OC(=O)N1CCCC1C(C)(C)C1(N)CC1. The van der Waals surface area contributed by atoms with Crippen molar-refractivity contribution in [2.75, 3.05) is 6.54 Å². The molecule has 2 rings (SSSR count). The fourth-order valence-corrected chi connectivity index (χ4v) is 3.17. The van der Waals surface area contributed by atoms with Crippen LogP contribution in [-0.2, 0) is 4.74 Å². The van der Waals surface area contributed by atoms with Crippen molar-refractivity contribution in [3.05, 3.63) is 0 Å². The fraction of sp³-hybridized carbons (Fsp3) is 0.933. The molecule has 1 unspecified atom stereocenters. The van der Waals surface area contributed by atoms with Gasteiger partial charge in [-0.25, -0.2) is 4.79 Å². The molecular weight excluding hydrogens is 240 g/mol. The fourth-order valence-electron chi connectivity index (χ4n) is 3.17. The van der Waals surface area contributed by atoms with Crippen LogP contribution >= 0.6 is 0 Å². The summed E-state index contributed by atoms with van der Waals surface area (Å²) in [6, 6.07) is 0.204. The second-order valence-electron chi connectivity index (χ2n) is 7.71. The average Bonchev–Trinajstić information content (AvgIpc) is 2.81. The van der Waals surface area contributed by atoms with Crippen molar-refractivity contribution in [3.8, 4) is 0 Å². The quantitative estimate of drug-likeness (QED) is 0.837. The Balaban J connectivity index is 2.11. The van der Waals surface area contributed by atoms with Crippen LogP contribution < -0.4 is 5.73 Å². The lowest BCUT2D eigenvalue weighted by molar-refractivity contribution is 0.00579. The second-order valence-corrected chi connectivity index (χ2v) is 7.71. The molecule has 4 nitrogen and oxygen atoms in total. The molecule has 0 radical (unpaired) electrons. The minimum Gasteiger partial charge on any atom is -0.444 e. The maximum absolute atomic E-state index is 12.3. The zero-order chi connectivity index (χ0) is 14.5. The Kier molecular flexibility index (Phi) is 3.37. The maximum Gasteiger partial charge on any atom is 0.410 e. The van der Waals surface area contributed by atoms with E-state index in [1.165, 1.54) is 0 Å². The molecule has 1 heterocycles. The predicted octanol–water partition coefficient (Wildman–Crippen LogP) is 2.90. The lowest BCUT2D eigenvalue weighted by atomic mass is 9.74. The molecule has 110 valence electrons. The van der Waals surface area contributed by atoms with E-state index in [1.54, 1.807) is 0 Å². The van der Waals surface area contributed by atoms with Gasteiger partial charge in [0.15, 0.2) is 0 Å². The minimum atomic E-state index is -0.436. The van der Waals surface area contributed by atoms with Gasteiger partial charge in [-0.1, -0.05) is 13.8 Å². The van der Waals surface area contributed by atoms with Gasteiger partial charge in [0, 0.05) is 23.5 Å². The number of amides is 1. The summed E-state index contributed by atoms with van der Waals surface area (Å²) in [5.74, 6) is 0. The molecule has 0 bridgehead atoms. The van der Waals surface area contributed by atoms with Crippen LogP contribution in [0, 0.1) is 5.41 Å². The van der Waals surface area contributed by atoms with Crippen molar-refractivity contribution in [3.63, 3.8) is 0 Å². The first kappa shape index (κ1) is 14.6. The first-order chi connectivity index (χ1) is 8.57. The molecule has 1 aliphatic carbocycles. The maximum atomic E-state index is 12.3. The van der Waals surface area contributed by atoms with Gasteiger partial charge in [0.25, 0.3) is 0 Å². The lowest BCUT2D eigenvalue weighted by Crippen LogP contribution is -2.54. The average molecular weight is 268 g/mol. The molecule has 4 heteroatoms. The molecule has 1 saturated heterocycles. The van der Waals surface area contributed by atoms with Crippen molar-refractivity contribution in [1.82, 2.24) is 4.90 Å². The third kappa shape index (κ3) is 2.73. The highest BCUT2D eigenvalue weighted by Crippen LogP contribution is 2.52. The molecule has 2 fully saturated rings. The van der Waals surface area contributed by atoms with Crippen LogP contribution in [0.2, 0.25) is 0 Å². The largest absolute Gasteiger partial charge is 0.444 e. The Morgan fingerprint density at radius 2 is 1.84 bits per heavy atom. The Morgan fingerprint density at radius 3 is 2.32 bits per heavy atom. The molecule has 1 aliphatic heterocycles. The van der Waals surface area contributed by atoms with Crippen LogP contribution in [0.4, 0.5) is 4.79 Å². The summed E-state index contributed by atoms with van der Waals surface area (Å²) in [5, 5.41) is 0. The van der Waals surface area contributed by atoms with Gasteiger partial charge in [0.05, 0.1) is 0 Å². The number of carbonyl (C=O) groups is 1. The summed E-state index contributed by atoms with van der Waals surface area (Å²) in [6.07, 6.45) is 4.03. The van der Waals surface area contributed by atoms with Crippen LogP contribution in [0.3, 0.4) is 0 Å². The highest BCUT2D eigenvalue weighted by atomic mass is 16.6. The molecule has 2 N–H and O–H groups in total. The Hall–Kier alpha value is -0.770. The zero-order valence-electron chi connectivity index (χ0n) is 13.0. The summed E-state index contributed by atoms with van der Waals surface area (Å²) >= 11 is 0. The number of carbonyl (C=O) groups excluding carboxylic acids is 1. The van der Waals surface area contributed by atoms with Gasteiger partial charge in [-0.3, -0.25) is 0 Å². The molecule has 0 aromatic carbocycles. The van der Waals surface area contributed by atoms with E-state index >= 15 is 0 Å². The van der Waals surface area contributed by atoms with E-state index in [4.69, 9.17) is 10.5 Å². The number of ether oxygens (including phenoxy) is 1. The molecule has 1 saturated carbocycles. The van der Waals surface area contributed by atoms with Crippen molar-refractivity contribution in [2.24, 2.45) is 11.1 Å². The number of hydrogen-bond acceptors (Lipinski definition) is 3. The van der Waals surface area contributed by atoms with Crippen LogP contribution in [-0.4, -0.2) is 34.7 Å². The van der Waals surface area contributed by atoms with E-state index < -0.39 is 5.60 Å². The Bertz CT molecular complexity index is 367. The number of rotatable bonds is 2. The molecular formula is C15H28N2O2. The number of nitrogens with zero attached hydrogens (tertiary/aromatic N) is 1. The van der Waals surface area contributed by atoms with Crippen molar-refractivity contribution in [1.29, 1.82) is 0 Å². The van der Waals surface area contributed by atoms with Crippen molar-refractivity contribution < 1.29 is 9.53 Å². The summed E-state index contributed by atoms with van der Waals surface area (Å²) in [7, 11) is 0. The Labute approximate surface area is 116 Å². The first-order valence-electron chi connectivity index (χ1n) is 7.35. The Morgan fingerprint density at radius 1 is 1.26 bits per heavy atom. The first-order valence-corrected chi connectivity index (χ1v) is 7.35. The van der Waals surface area contributed by atoms with Crippen molar-refractivity contribution in [2.45, 2.75) is 77.5 Å². The van der Waals surface area contributed by atoms with Gasteiger partial charge in [-0.15, -0.1) is 0 Å².